The van der Waals surface area contributed by atoms with E-state index in [0.717, 1.165) is 31.1 Å². The van der Waals surface area contributed by atoms with Crippen molar-refractivity contribution in [3.05, 3.63) is 59.7 Å². The fourth-order valence-electron chi connectivity index (χ4n) is 4.08. The monoisotopic (exact) mass is 676 g/mol. The third-order valence-electron chi connectivity index (χ3n) is 6.48. The van der Waals surface area contributed by atoms with Gasteiger partial charge in [-0.3, -0.25) is 4.90 Å². The molecule has 1 heterocycles. The molecule has 17 heteroatoms. The number of nitriles is 1. The number of rotatable bonds is 10. The number of carboxylic acids is 6. The van der Waals surface area contributed by atoms with Crippen LogP contribution in [0, 0.1) is 11.3 Å². The zero-order valence-electron chi connectivity index (χ0n) is 26.4. The molecular weight excluding hydrogens is 636 g/mol. The molecule has 3 rings (SSSR count). The van der Waals surface area contributed by atoms with Gasteiger partial charge in [0, 0.05) is 38.4 Å². The number of hydrogen-bond donors (Lipinski definition) is 7. The third kappa shape index (κ3) is 18.3. The van der Waals surface area contributed by atoms with E-state index in [1.54, 1.807) is 7.11 Å². The number of methoxy groups -OCH3 is 1. The van der Waals surface area contributed by atoms with Crippen LogP contribution in [0.3, 0.4) is 0 Å². The van der Waals surface area contributed by atoms with E-state index in [4.69, 9.17) is 69.4 Å². The van der Waals surface area contributed by atoms with Gasteiger partial charge in [0.05, 0.1) is 19.6 Å². The van der Waals surface area contributed by atoms with Crippen molar-refractivity contribution in [3.8, 4) is 11.8 Å². The zero-order valence-corrected chi connectivity index (χ0v) is 26.4. The predicted molar refractivity (Wildman–Crippen MR) is 169 cm³/mol. The lowest BCUT2D eigenvalue weighted by atomic mass is 10.0. The van der Waals surface area contributed by atoms with E-state index in [-0.39, 0.29) is 0 Å². The molecule has 262 valence electrons. The second kappa shape index (κ2) is 23.6. The smallest absolute Gasteiger partial charge is 0.414 e. The molecule has 1 atom stereocenters. The molecule has 0 saturated carbocycles. The first-order chi connectivity index (χ1) is 22.6. The highest BCUT2D eigenvalue weighted by molar-refractivity contribution is 6.28. The van der Waals surface area contributed by atoms with Crippen molar-refractivity contribution in [1.82, 2.24) is 10.2 Å². The van der Waals surface area contributed by atoms with Crippen molar-refractivity contribution in [2.24, 2.45) is 0 Å². The molecule has 1 aliphatic heterocycles. The zero-order chi connectivity index (χ0) is 36.6. The first-order valence-corrected chi connectivity index (χ1v) is 14.3. The molecular formula is C31H40N4O13. The molecule has 48 heavy (non-hydrogen) atoms. The molecule has 2 aromatic carbocycles. The SMILES string of the molecule is COc1ccc(C(CNCc2ccc(N(C)CCC#N)cc2)N2CCCCC2)cc1.O=C(O)C(=O)O.O=C(O)C(=O)O.O=C(O)C(=O)O. The van der Waals surface area contributed by atoms with Crippen LogP contribution in [-0.2, 0) is 35.3 Å². The van der Waals surface area contributed by atoms with Gasteiger partial charge in [-0.2, -0.15) is 5.26 Å². The summed E-state index contributed by atoms with van der Waals surface area (Å²) in [6.45, 7) is 4.87. The summed E-state index contributed by atoms with van der Waals surface area (Å²) in [6.07, 6.45) is 4.46. The summed E-state index contributed by atoms with van der Waals surface area (Å²) in [6, 6.07) is 19.7. The molecule has 17 nitrogen and oxygen atoms in total. The molecule has 0 spiro atoms. The van der Waals surface area contributed by atoms with Crippen LogP contribution in [0.1, 0.15) is 42.9 Å². The number of nitrogens with zero attached hydrogens (tertiary/aromatic N) is 3. The van der Waals surface area contributed by atoms with Crippen LogP contribution >= 0.6 is 0 Å². The topological polar surface area (TPSA) is 275 Å². The van der Waals surface area contributed by atoms with E-state index >= 15 is 0 Å². The lowest BCUT2D eigenvalue weighted by Gasteiger charge is -2.35. The van der Waals surface area contributed by atoms with Gasteiger partial charge in [0.2, 0.25) is 0 Å². The second-order valence-electron chi connectivity index (χ2n) is 9.84. The molecule has 0 aromatic heterocycles. The van der Waals surface area contributed by atoms with Crippen LogP contribution in [0.2, 0.25) is 0 Å². The largest absolute Gasteiger partial charge is 0.497 e. The van der Waals surface area contributed by atoms with Crippen molar-refractivity contribution in [2.45, 2.75) is 38.3 Å². The summed E-state index contributed by atoms with van der Waals surface area (Å²) in [5.74, 6) is -10.0. The Hall–Kier alpha value is -5.73. The van der Waals surface area contributed by atoms with Crippen LogP contribution in [0.25, 0.3) is 0 Å². The second-order valence-corrected chi connectivity index (χ2v) is 9.84. The Kier molecular flexibility index (Phi) is 20.8. The fraction of sp³-hybridized carbons (Fsp3) is 0.387. The summed E-state index contributed by atoms with van der Waals surface area (Å²) in [7, 11) is 3.74. The van der Waals surface area contributed by atoms with Crippen LogP contribution in [-0.4, -0.2) is 112 Å². The molecule has 1 aliphatic rings. The Morgan fingerprint density at radius 3 is 1.65 bits per heavy atom. The molecule has 0 bridgehead atoms. The van der Waals surface area contributed by atoms with Gasteiger partial charge in [-0.15, -0.1) is 0 Å². The van der Waals surface area contributed by atoms with E-state index in [2.05, 4.69) is 69.7 Å². The molecule has 1 saturated heterocycles. The number of nitrogens with one attached hydrogen (secondary N) is 1. The first kappa shape index (κ1) is 42.3. The van der Waals surface area contributed by atoms with E-state index in [9.17, 15) is 0 Å². The van der Waals surface area contributed by atoms with Crippen LogP contribution in [0.5, 0.6) is 5.75 Å². The van der Waals surface area contributed by atoms with Gasteiger partial charge in [-0.05, 0) is 61.3 Å². The number of carboxylic acid groups (broad SMARTS) is 6. The maximum atomic E-state index is 9.10. The average Bonchev–Trinajstić information content (AvgIpc) is 3.07. The minimum absolute atomic E-state index is 0.382. The van der Waals surface area contributed by atoms with Crippen molar-refractivity contribution >= 4 is 41.5 Å². The van der Waals surface area contributed by atoms with Gasteiger partial charge in [-0.1, -0.05) is 30.7 Å². The number of ether oxygens (including phenoxy) is 1. The fourth-order valence-corrected chi connectivity index (χ4v) is 4.08. The Balaban J connectivity index is 0.00000100. The van der Waals surface area contributed by atoms with E-state index in [1.165, 1.54) is 43.5 Å². The van der Waals surface area contributed by atoms with E-state index in [1.807, 2.05) is 7.05 Å². The lowest BCUT2D eigenvalue weighted by molar-refractivity contribution is -0.159. The average molecular weight is 677 g/mol. The van der Waals surface area contributed by atoms with Crippen LogP contribution in [0.4, 0.5) is 5.69 Å². The number of likely N-dealkylation sites (tertiary alicyclic amines) is 1. The Bertz CT molecular complexity index is 1280. The van der Waals surface area contributed by atoms with Gasteiger partial charge < -0.3 is 45.6 Å². The van der Waals surface area contributed by atoms with Gasteiger partial charge in [0.15, 0.2) is 0 Å². The van der Waals surface area contributed by atoms with Crippen LogP contribution < -0.4 is 15.0 Å². The van der Waals surface area contributed by atoms with E-state index in [0.29, 0.717) is 12.5 Å². The molecule has 0 amide bonds. The van der Waals surface area contributed by atoms with Gasteiger partial charge in [-0.25, -0.2) is 28.8 Å². The molecule has 7 N–H and O–H groups in total. The lowest BCUT2D eigenvalue weighted by Crippen LogP contribution is -2.39. The van der Waals surface area contributed by atoms with Crippen molar-refractivity contribution in [3.63, 3.8) is 0 Å². The summed E-state index contributed by atoms with van der Waals surface area (Å²) < 4.78 is 5.33. The number of hydrogen-bond acceptors (Lipinski definition) is 11. The Morgan fingerprint density at radius 1 is 0.792 bits per heavy atom. The van der Waals surface area contributed by atoms with Gasteiger partial charge in [0.1, 0.15) is 5.75 Å². The summed E-state index contributed by atoms with van der Waals surface area (Å²) in [4.78, 5) is 59.3. The minimum atomic E-state index is -1.82. The number of aliphatic carboxylic acids is 6. The predicted octanol–water partition coefficient (Wildman–Crippen LogP) is 1.83. The molecule has 0 radical (unpaired) electrons. The molecule has 1 unspecified atom stereocenters. The normalized spacial score (nSPS) is 12.4. The highest BCUT2D eigenvalue weighted by Crippen LogP contribution is 2.26. The maximum absolute atomic E-state index is 9.10. The first-order valence-electron chi connectivity index (χ1n) is 14.3. The maximum Gasteiger partial charge on any atom is 0.414 e. The number of carbonyl (C=O) groups is 6. The van der Waals surface area contributed by atoms with Crippen molar-refractivity contribution in [1.29, 1.82) is 5.26 Å². The van der Waals surface area contributed by atoms with Crippen LogP contribution in [0.15, 0.2) is 48.5 Å². The standard InChI is InChI=1S/C25H34N4O.3C2H2O4/c1-28(16-6-15-26)23-11-7-21(8-12-23)19-27-20-25(29-17-4-3-5-18-29)22-9-13-24(30-2)14-10-22;3*3-1(4)2(5)6/h7-14,25,27H,3-6,16-20H2,1-2H3;3*(H,3,4)(H,5,6). The minimum Gasteiger partial charge on any atom is -0.497 e. The van der Waals surface area contributed by atoms with Gasteiger partial charge in [0.25, 0.3) is 0 Å². The van der Waals surface area contributed by atoms with Gasteiger partial charge >= 0.3 is 35.8 Å². The highest BCUT2D eigenvalue weighted by atomic mass is 16.5. The number of benzene rings is 2. The molecule has 0 aliphatic carbocycles. The summed E-state index contributed by atoms with van der Waals surface area (Å²) in [5.41, 5.74) is 3.78. The summed E-state index contributed by atoms with van der Waals surface area (Å²) >= 11 is 0. The quantitative estimate of drug-likeness (QED) is 0.177. The number of anilines is 1. The summed E-state index contributed by atoms with van der Waals surface area (Å²) in [5, 5.41) is 56.8. The number of piperidine rings is 1. The molecule has 1 fully saturated rings. The van der Waals surface area contributed by atoms with Crippen molar-refractivity contribution < 1.29 is 64.1 Å². The Morgan fingerprint density at radius 2 is 1.25 bits per heavy atom. The third-order valence-corrected chi connectivity index (χ3v) is 6.48. The molecule has 2 aromatic rings. The van der Waals surface area contributed by atoms with E-state index < -0.39 is 35.8 Å². The Labute approximate surface area is 276 Å². The van der Waals surface area contributed by atoms with Crippen molar-refractivity contribution in [2.75, 3.05) is 45.2 Å². The highest BCUT2D eigenvalue weighted by Gasteiger charge is 2.22.